The van der Waals surface area contributed by atoms with Gasteiger partial charge >= 0.3 is 6.09 Å². The van der Waals surface area contributed by atoms with Gasteiger partial charge in [0.2, 0.25) is 15.9 Å². The first-order valence-corrected chi connectivity index (χ1v) is 15.5. The zero-order valence-corrected chi connectivity index (χ0v) is 24.1. The average Bonchev–Trinajstić information content (AvgIpc) is 3.72. The van der Waals surface area contributed by atoms with Crippen molar-refractivity contribution in [1.29, 1.82) is 0 Å². The first-order chi connectivity index (χ1) is 20.6. The van der Waals surface area contributed by atoms with E-state index in [1.807, 2.05) is 18.2 Å². The highest BCUT2D eigenvalue weighted by Gasteiger charge is 2.44. The number of nitrogens with zero attached hydrogens (tertiary/aromatic N) is 2. The SMILES string of the molecule is O=C1CC[C@H](CN(C[C@@H](O)[C@H](Cc2ccccc2)NC(=O)O[C@H]2CO[C@H]3OCC[C@H]32)S(=O)(=O)c2ccc([N+](=O)[O-])cc2)N1. The predicted molar refractivity (Wildman–Crippen MR) is 150 cm³/mol. The first kappa shape index (κ1) is 30.8. The lowest BCUT2D eigenvalue weighted by molar-refractivity contribution is -0.384. The highest BCUT2D eigenvalue weighted by atomic mass is 32.2. The summed E-state index contributed by atoms with van der Waals surface area (Å²) in [5.41, 5.74) is 0.510. The summed E-state index contributed by atoms with van der Waals surface area (Å²) in [6.07, 6.45) is -1.64. The number of carbonyl (C=O) groups excluding carboxylic acids is 2. The lowest BCUT2D eigenvalue weighted by atomic mass is 10.0. The molecule has 43 heavy (non-hydrogen) atoms. The van der Waals surface area contributed by atoms with E-state index in [1.165, 1.54) is 0 Å². The van der Waals surface area contributed by atoms with Gasteiger partial charge in [0, 0.05) is 37.7 Å². The number of ether oxygens (including phenoxy) is 3. The zero-order chi connectivity index (χ0) is 30.6. The van der Waals surface area contributed by atoms with Gasteiger partial charge in [0.25, 0.3) is 5.69 Å². The van der Waals surface area contributed by atoms with Crippen LogP contribution in [0.4, 0.5) is 10.5 Å². The number of alkyl carbamates (subject to hydrolysis) is 1. The molecule has 0 saturated carbocycles. The van der Waals surface area contributed by atoms with E-state index in [0.717, 1.165) is 34.1 Å². The monoisotopic (exact) mass is 618 g/mol. The summed E-state index contributed by atoms with van der Waals surface area (Å²) in [5.74, 6) is -0.303. The van der Waals surface area contributed by atoms with Crippen molar-refractivity contribution in [3.05, 3.63) is 70.3 Å². The van der Waals surface area contributed by atoms with Crippen LogP contribution >= 0.6 is 0 Å². The summed E-state index contributed by atoms with van der Waals surface area (Å²) >= 11 is 0. The third-order valence-electron chi connectivity index (χ3n) is 7.89. The molecule has 0 unspecified atom stereocenters. The quantitative estimate of drug-likeness (QED) is 0.231. The van der Waals surface area contributed by atoms with Crippen molar-refractivity contribution in [2.45, 2.75) is 61.2 Å². The van der Waals surface area contributed by atoms with Crippen LogP contribution in [0, 0.1) is 16.0 Å². The normalized spacial score (nSPS) is 24.7. The zero-order valence-electron chi connectivity index (χ0n) is 23.2. The molecule has 15 heteroatoms. The molecule has 3 fully saturated rings. The number of rotatable bonds is 12. The molecule has 3 saturated heterocycles. The van der Waals surface area contributed by atoms with E-state index < -0.39 is 58.2 Å². The molecular weight excluding hydrogens is 584 g/mol. The van der Waals surface area contributed by atoms with Crippen LogP contribution in [-0.2, 0) is 35.4 Å². The second-order valence-electron chi connectivity index (χ2n) is 10.9. The number of aliphatic hydroxyl groups excluding tert-OH is 1. The molecule has 3 aliphatic rings. The lowest BCUT2D eigenvalue weighted by Crippen LogP contribution is -2.53. The highest BCUT2D eigenvalue weighted by Crippen LogP contribution is 2.33. The number of nitro benzene ring substituents is 1. The summed E-state index contributed by atoms with van der Waals surface area (Å²) in [5, 5.41) is 28.0. The number of hydrogen-bond donors (Lipinski definition) is 3. The smallest absolute Gasteiger partial charge is 0.407 e. The van der Waals surface area contributed by atoms with Gasteiger partial charge in [-0.05, 0) is 37.0 Å². The Morgan fingerprint density at radius 2 is 1.91 bits per heavy atom. The summed E-state index contributed by atoms with van der Waals surface area (Å²) in [6, 6.07) is 12.0. The second-order valence-corrected chi connectivity index (χ2v) is 12.8. The Kier molecular flexibility index (Phi) is 9.56. The van der Waals surface area contributed by atoms with E-state index in [2.05, 4.69) is 10.6 Å². The fourth-order valence-electron chi connectivity index (χ4n) is 5.58. The van der Waals surface area contributed by atoms with Gasteiger partial charge in [0.15, 0.2) is 6.29 Å². The Morgan fingerprint density at radius 3 is 2.58 bits per heavy atom. The van der Waals surface area contributed by atoms with Crippen LogP contribution in [0.1, 0.15) is 24.8 Å². The maximum absolute atomic E-state index is 13.8. The Bertz CT molecular complexity index is 1410. The molecule has 232 valence electrons. The molecule has 14 nitrogen and oxygen atoms in total. The third-order valence-corrected chi connectivity index (χ3v) is 9.74. The minimum atomic E-state index is -4.28. The Labute approximate surface area is 248 Å². The molecule has 3 heterocycles. The van der Waals surface area contributed by atoms with Gasteiger partial charge in [-0.2, -0.15) is 4.31 Å². The molecule has 2 aromatic rings. The van der Waals surface area contributed by atoms with Crippen LogP contribution < -0.4 is 10.6 Å². The van der Waals surface area contributed by atoms with Crippen LogP contribution in [0.2, 0.25) is 0 Å². The molecular formula is C28H34N4O10S. The Balaban J connectivity index is 1.35. The number of benzene rings is 2. The minimum Gasteiger partial charge on any atom is -0.443 e. The van der Waals surface area contributed by atoms with Gasteiger partial charge in [-0.1, -0.05) is 30.3 Å². The maximum atomic E-state index is 13.8. The Morgan fingerprint density at radius 1 is 1.16 bits per heavy atom. The van der Waals surface area contributed by atoms with Crippen molar-refractivity contribution >= 4 is 27.7 Å². The van der Waals surface area contributed by atoms with Crippen LogP contribution in [0.3, 0.4) is 0 Å². The Hall–Kier alpha value is -3.63. The maximum Gasteiger partial charge on any atom is 0.407 e. The second kappa shape index (κ2) is 13.3. The number of nitro groups is 1. The highest BCUT2D eigenvalue weighted by molar-refractivity contribution is 7.89. The van der Waals surface area contributed by atoms with E-state index in [0.29, 0.717) is 19.4 Å². The van der Waals surface area contributed by atoms with E-state index in [4.69, 9.17) is 14.2 Å². The average molecular weight is 619 g/mol. The van der Waals surface area contributed by atoms with Crippen LogP contribution in [-0.4, -0.2) is 91.6 Å². The van der Waals surface area contributed by atoms with Crippen molar-refractivity contribution in [3.63, 3.8) is 0 Å². The minimum absolute atomic E-state index is 0.0906. The summed E-state index contributed by atoms with van der Waals surface area (Å²) in [6.45, 7) is 0.108. The molecule has 0 aliphatic carbocycles. The number of amides is 2. The topological polar surface area (TPSA) is 187 Å². The van der Waals surface area contributed by atoms with E-state index >= 15 is 0 Å². The van der Waals surface area contributed by atoms with Gasteiger partial charge < -0.3 is 30.0 Å². The molecule has 5 rings (SSSR count). The van der Waals surface area contributed by atoms with Crippen molar-refractivity contribution in [3.8, 4) is 0 Å². The summed E-state index contributed by atoms with van der Waals surface area (Å²) in [4.78, 5) is 35.1. The number of carbonyl (C=O) groups is 2. The molecule has 0 aromatic heterocycles. The van der Waals surface area contributed by atoms with E-state index in [9.17, 15) is 33.2 Å². The molecule has 3 aliphatic heterocycles. The number of sulfonamides is 1. The van der Waals surface area contributed by atoms with Gasteiger partial charge in [-0.25, -0.2) is 13.2 Å². The number of hydrogen-bond acceptors (Lipinski definition) is 10. The molecule has 3 N–H and O–H groups in total. The first-order valence-electron chi connectivity index (χ1n) is 14.1. The van der Waals surface area contributed by atoms with Gasteiger partial charge in [0.1, 0.15) is 6.10 Å². The molecule has 2 amide bonds. The van der Waals surface area contributed by atoms with Crippen molar-refractivity contribution in [1.82, 2.24) is 14.9 Å². The third kappa shape index (κ3) is 7.48. The predicted octanol–water partition coefficient (Wildman–Crippen LogP) is 1.32. The van der Waals surface area contributed by atoms with Crippen molar-refractivity contribution < 1.29 is 42.2 Å². The fraction of sp³-hybridized carbons (Fsp3) is 0.500. The summed E-state index contributed by atoms with van der Waals surface area (Å²) < 4.78 is 45.2. The molecule has 0 bridgehead atoms. The standard InChI is InChI=1S/C28H34N4O10S/c33-24(16-31(15-19-6-11-26(34)29-19)43(38,39)21-9-7-20(8-10-21)32(36)37)23(14-18-4-2-1-3-5-18)30-28(35)42-25-17-41-27-22(25)12-13-40-27/h1-5,7-10,19,22-25,27,33H,6,11-17H2,(H,29,34)(H,30,35)/t19-,22+,23+,24-,25+,27-/m1/s1. The van der Waals surface area contributed by atoms with E-state index in [1.54, 1.807) is 12.1 Å². The van der Waals surface area contributed by atoms with Crippen LogP contribution in [0.25, 0.3) is 0 Å². The number of fused-ring (bicyclic) bond motifs is 1. The number of aliphatic hydroxyl groups is 1. The van der Waals surface area contributed by atoms with Gasteiger partial charge in [-0.3, -0.25) is 14.9 Å². The van der Waals surface area contributed by atoms with Gasteiger partial charge in [-0.15, -0.1) is 0 Å². The number of non-ortho nitro benzene ring substituents is 1. The molecule has 0 radical (unpaired) electrons. The number of nitrogens with one attached hydrogen (secondary N) is 2. The fourth-order valence-corrected chi connectivity index (χ4v) is 7.08. The van der Waals surface area contributed by atoms with Crippen molar-refractivity contribution in [2.24, 2.45) is 5.92 Å². The molecule has 0 spiro atoms. The lowest BCUT2D eigenvalue weighted by Gasteiger charge is -2.31. The summed E-state index contributed by atoms with van der Waals surface area (Å²) in [7, 11) is -4.28. The van der Waals surface area contributed by atoms with E-state index in [-0.39, 0.29) is 48.4 Å². The molecule has 6 atom stereocenters. The van der Waals surface area contributed by atoms with Crippen LogP contribution in [0.15, 0.2) is 59.5 Å². The van der Waals surface area contributed by atoms with Crippen LogP contribution in [0.5, 0.6) is 0 Å². The molecule has 2 aromatic carbocycles. The largest absolute Gasteiger partial charge is 0.443 e. The van der Waals surface area contributed by atoms with Gasteiger partial charge in [0.05, 0.1) is 41.1 Å². The van der Waals surface area contributed by atoms with Crippen molar-refractivity contribution in [2.75, 3.05) is 26.3 Å².